The molecule has 1 saturated carbocycles. The lowest BCUT2D eigenvalue weighted by Crippen LogP contribution is -2.38. The molecular formula is C21H24N4O2. The Morgan fingerprint density at radius 2 is 1.93 bits per heavy atom. The second kappa shape index (κ2) is 7.12. The predicted octanol–water partition coefficient (Wildman–Crippen LogP) is 3.07. The van der Waals surface area contributed by atoms with Gasteiger partial charge in [-0.05, 0) is 57.2 Å². The molecule has 3 aromatic rings. The molecule has 0 saturated heterocycles. The summed E-state index contributed by atoms with van der Waals surface area (Å²) in [6, 6.07) is 10.0. The van der Waals surface area contributed by atoms with Crippen LogP contribution in [0.2, 0.25) is 0 Å². The van der Waals surface area contributed by atoms with Gasteiger partial charge >= 0.3 is 0 Å². The lowest BCUT2D eigenvalue weighted by atomic mass is 9.93. The van der Waals surface area contributed by atoms with Gasteiger partial charge in [0.25, 0.3) is 5.91 Å². The summed E-state index contributed by atoms with van der Waals surface area (Å²) >= 11 is 0. The van der Waals surface area contributed by atoms with E-state index in [2.05, 4.69) is 15.4 Å². The van der Waals surface area contributed by atoms with Crippen LogP contribution in [0.5, 0.6) is 0 Å². The van der Waals surface area contributed by atoms with Crippen molar-refractivity contribution in [1.29, 1.82) is 0 Å². The van der Waals surface area contributed by atoms with Crippen molar-refractivity contribution in [2.24, 2.45) is 0 Å². The SMILES string of the molecule is Cc1cc(C(=O)NC2CCC(O)CC2)cnc1-n1nc(C)c2ccccc21. The maximum atomic E-state index is 12.6. The molecule has 2 aromatic heterocycles. The Morgan fingerprint density at radius 1 is 1.19 bits per heavy atom. The zero-order chi connectivity index (χ0) is 19.0. The molecule has 0 unspecified atom stereocenters. The summed E-state index contributed by atoms with van der Waals surface area (Å²) < 4.78 is 1.84. The Labute approximate surface area is 158 Å². The number of pyridine rings is 1. The number of aliphatic hydroxyl groups excluding tert-OH is 1. The van der Waals surface area contributed by atoms with E-state index < -0.39 is 0 Å². The summed E-state index contributed by atoms with van der Waals surface area (Å²) in [6.07, 6.45) is 4.50. The fourth-order valence-electron chi connectivity index (χ4n) is 3.79. The highest BCUT2D eigenvalue weighted by Gasteiger charge is 2.22. The molecular weight excluding hydrogens is 340 g/mol. The number of nitrogens with zero attached hydrogens (tertiary/aromatic N) is 3. The minimum absolute atomic E-state index is 0.111. The van der Waals surface area contributed by atoms with Gasteiger partial charge in [0, 0.05) is 17.6 Å². The molecule has 6 heteroatoms. The minimum Gasteiger partial charge on any atom is -0.393 e. The van der Waals surface area contributed by atoms with E-state index in [9.17, 15) is 9.90 Å². The van der Waals surface area contributed by atoms with Gasteiger partial charge < -0.3 is 10.4 Å². The summed E-state index contributed by atoms with van der Waals surface area (Å²) in [5.74, 6) is 0.622. The van der Waals surface area contributed by atoms with Crippen LogP contribution in [0.15, 0.2) is 36.5 Å². The molecule has 1 aliphatic carbocycles. The molecule has 1 aromatic carbocycles. The summed E-state index contributed by atoms with van der Waals surface area (Å²) in [5, 5.41) is 18.4. The molecule has 0 aliphatic heterocycles. The molecule has 0 radical (unpaired) electrons. The minimum atomic E-state index is -0.228. The lowest BCUT2D eigenvalue weighted by molar-refractivity contribution is 0.0867. The third kappa shape index (κ3) is 3.45. The summed E-state index contributed by atoms with van der Waals surface area (Å²) in [7, 11) is 0. The van der Waals surface area contributed by atoms with Gasteiger partial charge in [0.1, 0.15) is 0 Å². The van der Waals surface area contributed by atoms with Crippen molar-refractivity contribution < 1.29 is 9.90 Å². The Kier molecular flexibility index (Phi) is 4.66. The summed E-state index contributed by atoms with van der Waals surface area (Å²) in [5.41, 5.74) is 3.40. The van der Waals surface area contributed by atoms with Crippen LogP contribution < -0.4 is 5.32 Å². The third-order valence-electron chi connectivity index (χ3n) is 5.32. The summed E-state index contributed by atoms with van der Waals surface area (Å²) in [6.45, 7) is 3.93. The van der Waals surface area contributed by atoms with Gasteiger partial charge in [0.15, 0.2) is 5.82 Å². The zero-order valence-electron chi connectivity index (χ0n) is 15.6. The zero-order valence-corrected chi connectivity index (χ0v) is 15.6. The molecule has 140 valence electrons. The molecule has 2 N–H and O–H groups in total. The van der Waals surface area contributed by atoms with Crippen LogP contribution in [-0.4, -0.2) is 37.9 Å². The number of aromatic nitrogens is 3. The van der Waals surface area contributed by atoms with E-state index in [0.29, 0.717) is 5.56 Å². The number of amides is 1. The first kappa shape index (κ1) is 17.7. The van der Waals surface area contributed by atoms with E-state index in [0.717, 1.165) is 53.7 Å². The molecule has 1 amide bonds. The van der Waals surface area contributed by atoms with Crippen LogP contribution in [0.3, 0.4) is 0 Å². The number of hydrogen-bond acceptors (Lipinski definition) is 4. The van der Waals surface area contributed by atoms with Crippen LogP contribution in [0, 0.1) is 13.8 Å². The van der Waals surface area contributed by atoms with Crippen molar-refractivity contribution in [2.75, 3.05) is 0 Å². The summed E-state index contributed by atoms with van der Waals surface area (Å²) in [4.78, 5) is 17.1. The van der Waals surface area contributed by atoms with E-state index >= 15 is 0 Å². The van der Waals surface area contributed by atoms with Crippen molar-refractivity contribution in [2.45, 2.75) is 51.7 Å². The first-order valence-electron chi connectivity index (χ1n) is 9.43. The quantitative estimate of drug-likeness (QED) is 0.748. The molecule has 4 rings (SSSR count). The largest absolute Gasteiger partial charge is 0.393 e. The Hall–Kier alpha value is -2.73. The number of fused-ring (bicyclic) bond motifs is 1. The average Bonchev–Trinajstić information content (AvgIpc) is 3.00. The van der Waals surface area contributed by atoms with E-state index in [-0.39, 0.29) is 18.1 Å². The lowest BCUT2D eigenvalue weighted by Gasteiger charge is -2.26. The average molecular weight is 364 g/mol. The number of benzene rings is 1. The first-order chi connectivity index (χ1) is 13.0. The van der Waals surface area contributed by atoms with E-state index in [4.69, 9.17) is 0 Å². The highest BCUT2D eigenvalue weighted by molar-refractivity contribution is 5.94. The Morgan fingerprint density at radius 3 is 2.67 bits per heavy atom. The van der Waals surface area contributed by atoms with E-state index in [1.165, 1.54) is 0 Å². The molecule has 0 bridgehead atoms. The number of carbonyl (C=O) groups is 1. The Balaban J connectivity index is 1.58. The molecule has 2 heterocycles. The van der Waals surface area contributed by atoms with Gasteiger partial charge in [0.05, 0.1) is 22.9 Å². The fourth-order valence-corrected chi connectivity index (χ4v) is 3.79. The van der Waals surface area contributed by atoms with Gasteiger partial charge in [-0.25, -0.2) is 9.67 Å². The number of para-hydroxylation sites is 1. The molecule has 27 heavy (non-hydrogen) atoms. The maximum absolute atomic E-state index is 12.6. The third-order valence-corrected chi connectivity index (χ3v) is 5.32. The van der Waals surface area contributed by atoms with Crippen LogP contribution in [0.25, 0.3) is 16.7 Å². The molecule has 6 nitrogen and oxygen atoms in total. The van der Waals surface area contributed by atoms with Gasteiger partial charge in [-0.2, -0.15) is 5.10 Å². The van der Waals surface area contributed by atoms with Gasteiger partial charge in [-0.3, -0.25) is 4.79 Å². The van der Waals surface area contributed by atoms with E-state index in [1.54, 1.807) is 6.20 Å². The number of hydrogen-bond donors (Lipinski definition) is 2. The predicted molar refractivity (Wildman–Crippen MR) is 104 cm³/mol. The van der Waals surface area contributed by atoms with Crippen LogP contribution >= 0.6 is 0 Å². The van der Waals surface area contributed by atoms with E-state index in [1.807, 2.05) is 48.9 Å². The maximum Gasteiger partial charge on any atom is 0.253 e. The van der Waals surface area contributed by atoms with Crippen LogP contribution in [-0.2, 0) is 0 Å². The van der Waals surface area contributed by atoms with Crippen LogP contribution in [0.4, 0.5) is 0 Å². The second-order valence-electron chi connectivity index (χ2n) is 7.36. The van der Waals surface area contributed by atoms with Crippen molar-refractivity contribution in [3.63, 3.8) is 0 Å². The topological polar surface area (TPSA) is 80.0 Å². The van der Waals surface area contributed by atoms with Crippen LogP contribution in [0.1, 0.15) is 47.3 Å². The van der Waals surface area contributed by atoms with Crippen molar-refractivity contribution >= 4 is 16.8 Å². The van der Waals surface area contributed by atoms with Crippen molar-refractivity contribution in [3.8, 4) is 5.82 Å². The Bertz CT molecular complexity index is 987. The number of aryl methyl sites for hydroxylation is 2. The second-order valence-corrected chi connectivity index (χ2v) is 7.36. The molecule has 1 aliphatic rings. The monoisotopic (exact) mass is 364 g/mol. The molecule has 0 atom stereocenters. The number of rotatable bonds is 3. The smallest absolute Gasteiger partial charge is 0.253 e. The number of nitrogens with one attached hydrogen (secondary N) is 1. The standard InChI is InChI=1S/C21H24N4O2/c1-13-11-15(21(27)23-16-7-9-17(26)10-8-16)12-22-20(13)25-19-6-4-3-5-18(19)14(2)24-25/h3-6,11-12,16-17,26H,7-10H2,1-2H3,(H,23,27). The van der Waals surface area contributed by atoms with Gasteiger partial charge in [-0.1, -0.05) is 18.2 Å². The number of aliphatic hydroxyl groups is 1. The van der Waals surface area contributed by atoms with Crippen molar-refractivity contribution in [3.05, 3.63) is 53.3 Å². The first-order valence-corrected chi connectivity index (χ1v) is 9.43. The van der Waals surface area contributed by atoms with Gasteiger partial charge in [-0.15, -0.1) is 0 Å². The normalized spacial score (nSPS) is 20.0. The molecule has 1 fully saturated rings. The highest BCUT2D eigenvalue weighted by atomic mass is 16.3. The van der Waals surface area contributed by atoms with Gasteiger partial charge in [0.2, 0.25) is 0 Å². The molecule has 0 spiro atoms. The fraction of sp³-hybridized carbons (Fsp3) is 0.381. The highest BCUT2D eigenvalue weighted by Crippen LogP contribution is 2.23. The number of carbonyl (C=O) groups excluding carboxylic acids is 1. The van der Waals surface area contributed by atoms with Crippen molar-refractivity contribution in [1.82, 2.24) is 20.1 Å².